The van der Waals surface area contributed by atoms with Crippen molar-refractivity contribution in [2.24, 2.45) is 5.92 Å². The Hall–Kier alpha value is -0.0800. The Labute approximate surface area is 94.6 Å². The zero-order valence-electron chi connectivity index (χ0n) is 10.6. The van der Waals surface area contributed by atoms with Gasteiger partial charge in [-0.1, -0.05) is 20.3 Å². The molecule has 0 bridgehead atoms. The summed E-state index contributed by atoms with van der Waals surface area (Å²) in [6, 6.07) is 1.63. The Bertz CT molecular complexity index is 203. The van der Waals surface area contributed by atoms with Gasteiger partial charge in [0.25, 0.3) is 0 Å². The van der Waals surface area contributed by atoms with E-state index in [1.54, 1.807) is 0 Å². The molecule has 0 aromatic rings. The Kier molecular flexibility index (Phi) is 3.68. The predicted octanol–water partition coefficient (Wildman–Crippen LogP) is 2.20. The van der Waals surface area contributed by atoms with Crippen LogP contribution in [0.15, 0.2) is 0 Å². The third kappa shape index (κ3) is 2.54. The van der Waals surface area contributed by atoms with Crippen LogP contribution in [-0.2, 0) is 0 Å². The summed E-state index contributed by atoms with van der Waals surface area (Å²) in [6.07, 6.45) is 4.31. The zero-order valence-corrected chi connectivity index (χ0v) is 10.6. The van der Waals surface area contributed by atoms with Crippen LogP contribution in [0.5, 0.6) is 0 Å². The topological polar surface area (TPSA) is 6.48 Å². The largest absolute Gasteiger partial charge is 0.298 e. The Morgan fingerprint density at radius 1 is 1.00 bits per heavy atom. The van der Waals surface area contributed by atoms with Gasteiger partial charge in [0.05, 0.1) is 0 Å². The van der Waals surface area contributed by atoms with Crippen LogP contribution in [-0.4, -0.2) is 48.1 Å². The molecular weight excluding hydrogens is 184 g/mol. The van der Waals surface area contributed by atoms with E-state index in [1.165, 1.54) is 45.4 Å². The van der Waals surface area contributed by atoms with E-state index in [2.05, 4.69) is 30.6 Å². The molecule has 2 fully saturated rings. The highest BCUT2D eigenvalue weighted by atomic mass is 15.3. The van der Waals surface area contributed by atoms with E-state index in [4.69, 9.17) is 0 Å². The molecule has 2 unspecified atom stereocenters. The fourth-order valence-corrected chi connectivity index (χ4v) is 2.97. The zero-order chi connectivity index (χ0) is 10.8. The third-order valence-corrected chi connectivity index (χ3v) is 4.41. The quantitative estimate of drug-likeness (QED) is 0.689. The summed E-state index contributed by atoms with van der Waals surface area (Å²) >= 11 is 0. The van der Waals surface area contributed by atoms with Gasteiger partial charge in [-0.05, 0) is 32.2 Å². The van der Waals surface area contributed by atoms with Crippen molar-refractivity contribution in [2.45, 2.75) is 52.1 Å². The molecule has 2 heteroatoms. The van der Waals surface area contributed by atoms with Gasteiger partial charge in [0.1, 0.15) is 0 Å². The second-order valence-corrected chi connectivity index (χ2v) is 5.67. The average molecular weight is 210 g/mol. The van der Waals surface area contributed by atoms with Crippen molar-refractivity contribution in [2.75, 3.05) is 26.2 Å². The van der Waals surface area contributed by atoms with E-state index in [1.807, 2.05) is 0 Å². The summed E-state index contributed by atoms with van der Waals surface area (Å²) in [5.41, 5.74) is 0. The number of hydrogen-bond acceptors (Lipinski definition) is 2. The van der Waals surface area contributed by atoms with Crippen LogP contribution in [0, 0.1) is 5.92 Å². The van der Waals surface area contributed by atoms with E-state index in [9.17, 15) is 0 Å². The molecule has 88 valence electrons. The standard InChI is InChI=1S/C13H26N2/c1-11(2)12(3)15-9-8-14-7-5-4-6-13(14)10-15/h11-13H,4-10H2,1-3H3. The maximum atomic E-state index is 2.72. The molecule has 2 atom stereocenters. The molecule has 2 heterocycles. The summed E-state index contributed by atoms with van der Waals surface area (Å²) < 4.78 is 0. The van der Waals surface area contributed by atoms with Gasteiger partial charge < -0.3 is 0 Å². The van der Waals surface area contributed by atoms with Gasteiger partial charge in [0.15, 0.2) is 0 Å². The first kappa shape index (κ1) is 11.4. The average Bonchev–Trinajstić information content (AvgIpc) is 2.27. The Balaban J connectivity index is 1.90. The molecule has 2 nitrogen and oxygen atoms in total. The van der Waals surface area contributed by atoms with Crippen molar-refractivity contribution in [1.82, 2.24) is 9.80 Å². The second-order valence-electron chi connectivity index (χ2n) is 5.67. The summed E-state index contributed by atoms with van der Waals surface area (Å²) in [4.78, 5) is 5.42. The molecule has 15 heavy (non-hydrogen) atoms. The minimum Gasteiger partial charge on any atom is -0.298 e. The minimum atomic E-state index is 0.758. The fourth-order valence-electron chi connectivity index (χ4n) is 2.97. The molecule has 0 N–H and O–H groups in total. The third-order valence-electron chi connectivity index (χ3n) is 4.41. The van der Waals surface area contributed by atoms with E-state index in [-0.39, 0.29) is 0 Å². The monoisotopic (exact) mass is 210 g/mol. The van der Waals surface area contributed by atoms with Gasteiger partial charge in [-0.3, -0.25) is 9.80 Å². The molecular formula is C13H26N2. The van der Waals surface area contributed by atoms with Gasteiger partial charge >= 0.3 is 0 Å². The highest BCUT2D eigenvalue weighted by molar-refractivity contribution is 4.87. The van der Waals surface area contributed by atoms with Crippen LogP contribution in [0.1, 0.15) is 40.0 Å². The minimum absolute atomic E-state index is 0.758. The highest BCUT2D eigenvalue weighted by Gasteiger charge is 2.31. The van der Waals surface area contributed by atoms with Crippen molar-refractivity contribution < 1.29 is 0 Å². The van der Waals surface area contributed by atoms with Crippen molar-refractivity contribution in [3.05, 3.63) is 0 Å². The van der Waals surface area contributed by atoms with Crippen LogP contribution >= 0.6 is 0 Å². The van der Waals surface area contributed by atoms with Gasteiger partial charge in [-0.2, -0.15) is 0 Å². The van der Waals surface area contributed by atoms with Crippen molar-refractivity contribution >= 4 is 0 Å². The second kappa shape index (κ2) is 4.84. The van der Waals surface area contributed by atoms with E-state index >= 15 is 0 Å². The van der Waals surface area contributed by atoms with Gasteiger partial charge in [0, 0.05) is 31.7 Å². The summed E-state index contributed by atoms with van der Waals surface area (Å²) in [6.45, 7) is 12.4. The number of piperazine rings is 1. The molecule has 2 rings (SSSR count). The molecule has 2 aliphatic heterocycles. The summed E-state index contributed by atoms with van der Waals surface area (Å²) in [7, 11) is 0. The fraction of sp³-hybridized carbons (Fsp3) is 1.00. The molecule has 0 saturated carbocycles. The van der Waals surface area contributed by atoms with E-state index in [0.29, 0.717) is 0 Å². The molecule has 0 amide bonds. The molecule has 2 aliphatic rings. The lowest BCUT2D eigenvalue weighted by molar-refractivity contribution is 0.0211. The Morgan fingerprint density at radius 3 is 2.53 bits per heavy atom. The number of hydrogen-bond donors (Lipinski definition) is 0. The Morgan fingerprint density at radius 2 is 1.80 bits per heavy atom. The first-order chi connectivity index (χ1) is 7.18. The lowest BCUT2D eigenvalue weighted by Crippen LogP contribution is -2.57. The lowest BCUT2D eigenvalue weighted by atomic mass is 9.96. The molecule has 0 aliphatic carbocycles. The normalized spacial score (nSPS) is 31.6. The summed E-state index contributed by atoms with van der Waals surface area (Å²) in [5, 5.41) is 0. The van der Waals surface area contributed by atoms with Crippen molar-refractivity contribution in [3.8, 4) is 0 Å². The number of piperidine rings is 1. The van der Waals surface area contributed by atoms with Gasteiger partial charge in [0.2, 0.25) is 0 Å². The molecule has 0 aromatic carbocycles. The smallest absolute Gasteiger partial charge is 0.0223 e. The maximum absolute atomic E-state index is 2.72. The number of fused-ring (bicyclic) bond motifs is 1. The number of rotatable bonds is 2. The molecule has 2 saturated heterocycles. The molecule has 0 radical (unpaired) electrons. The first-order valence-corrected chi connectivity index (χ1v) is 6.66. The van der Waals surface area contributed by atoms with Crippen molar-refractivity contribution in [3.63, 3.8) is 0 Å². The van der Waals surface area contributed by atoms with Gasteiger partial charge in [-0.25, -0.2) is 0 Å². The van der Waals surface area contributed by atoms with Crippen LogP contribution in [0.2, 0.25) is 0 Å². The van der Waals surface area contributed by atoms with Crippen LogP contribution < -0.4 is 0 Å². The predicted molar refractivity (Wildman–Crippen MR) is 65.1 cm³/mol. The van der Waals surface area contributed by atoms with Crippen molar-refractivity contribution in [1.29, 1.82) is 0 Å². The van der Waals surface area contributed by atoms with E-state index in [0.717, 1.165) is 18.0 Å². The number of nitrogens with zero attached hydrogens (tertiary/aromatic N) is 2. The molecule has 0 aromatic heterocycles. The first-order valence-electron chi connectivity index (χ1n) is 6.66. The van der Waals surface area contributed by atoms with Crippen LogP contribution in [0.4, 0.5) is 0 Å². The molecule has 0 spiro atoms. The van der Waals surface area contributed by atoms with Gasteiger partial charge in [-0.15, -0.1) is 0 Å². The SMILES string of the molecule is CC(C)C(C)N1CCN2CCCCC2C1. The summed E-state index contributed by atoms with van der Waals surface area (Å²) in [5.74, 6) is 0.792. The highest BCUT2D eigenvalue weighted by Crippen LogP contribution is 2.23. The van der Waals surface area contributed by atoms with Crippen LogP contribution in [0.25, 0.3) is 0 Å². The lowest BCUT2D eigenvalue weighted by Gasteiger charge is -2.46. The van der Waals surface area contributed by atoms with E-state index < -0.39 is 0 Å². The van der Waals surface area contributed by atoms with Crippen LogP contribution in [0.3, 0.4) is 0 Å². The maximum Gasteiger partial charge on any atom is 0.0223 e.